The van der Waals surface area contributed by atoms with E-state index in [0.717, 1.165) is 0 Å². The van der Waals surface area contributed by atoms with Gasteiger partial charge in [0.15, 0.2) is 0 Å². The van der Waals surface area contributed by atoms with Gasteiger partial charge in [-0.3, -0.25) is 0 Å². The van der Waals surface area contributed by atoms with Crippen LogP contribution in [0.4, 0.5) is 12.9 Å². The fraction of sp³-hybridized carbons (Fsp3) is 0.833. The highest BCUT2D eigenvalue weighted by Crippen LogP contribution is 2.14. The third-order valence-corrected chi connectivity index (χ3v) is 1.61. The van der Waals surface area contributed by atoms with Crippen LogP contribution in [0.15, 0.2) is 5.11 Å². The molecule has 80 valence electrons. The number of hydrogen-bond donors (Lipinski definition) is 0. The molecule has 14 heavy (non-hydrogen) atoms. The summed E-state index contributed by atoms with van der Waals surface area (Å²) in [5.41, 5.74) is 6.24. The molecule has 0 saturated carbocycles. The first-order valence-corrected chi connectivity index (χ1v) is 4.22. The van der Waals surface area contributed by atoms with Crippen LogP contribution < -0.4 is 0 Å². The normalized spacial score (nSPS) is 10.8. The van der Waals surface area contributed by atoms with Crippen molar-refractivity contribution in [3.05, 3.63) is 10.4 Å². The van der Waals surface area contributed by atoms with Crippen LogP contribution in [0.3, 0.4) is 0 Å². The Morgan fingerprint density at radius 3 is 2.43 bits per heavy atom. The summed E-state index contributed by atoms with van der Waals surface area (Å²) < 4.78 is 35.2. The highest BCUT2D eigenvalue weighted by Gasteiger charge is 2.31. The molecule has 4 nitrogen and oxygen atoms in total. The van der Waals surface area contributed by atoms with Gasteiger partial charge < -0.3 is 17.7 Å². The average molecular weight is 208 g/mol. The minimum Gasteiger partial charge on any atom is -0.443 e. The number of carbonyl (C=O) groups is 1. The Kier molecular flexibility index (Phi) is 5.79. The van der Waals surface area contributed by atoms with Crippen LogP contribution in [0.2, 0.25) is 0 Å². The van der Waals surface area contributed by atoms with Gasteiger partial charge in [0, 0.05) is 11.5 Å². The molecule has 0 unspecified atom stereocenters. The van der Waals surface area contributed by atoms with Gasteiger partial charge in [0.2, 0.25) is 0 Å². The molecular formula is C6H10BF3N3O-. The van der Waals surface area contributed by atoms with Gasteiger partial charge in [-0.1, -0.05) is 11.5 Å². The van der Waals surface area contributed by atoms with Crippen molar-refractivity contribution >= 4 is 12.7 Å². The molecule has 0 aromatic heterocycles. The van der Waals surface area contributed by atoms with Crippen LogP contribution in [-0.2, 0) is 4.79 Å². The molecule has 0 heterocycles. The molecule has 0 aliphatic rings. The van der Waals surface area contributed by atoms with Crippen LogP contribution in [0.1, 0.15) is 25.7 Å². The van der Waals surface area contributed by atoms with Gasteiger partial charge in [0.1, 0.15) is 0 Å². The zero-order chi connectivity index (χ0) is 11.0. The molecule has 0 saturated heterocycles. The van der Waals surface area contributed by atoms with E-state index in [1.807, 2.05) is 0 Å². The van der Waals surface area contributed by atoms with Crippen molar-refractivity contribution in [2.24, 2.45) is 5.11 Å². The van der Waals surface area contributed by atoms with E-state index in [4.69, 9.17) is 5.53 Å². The molecule has 0 rings (SSSR count). The Labute approximate surface area is 79.2 Å². The summed E-state index contributed by atoms with van der Waals surface area (Å²) in [5, 5.41) is 3.21. The molecule has 0 amide bonds. The second-order valence-corrected chi connectivity index (χ2v) is 2.81. The molecule has 0 bridgehead atoms. The van der Waals surface area contributed by atoms with E-state index in [0.29, 0.717) is 12.8 Å². The molecule has 0 aliphatic carbocycles. The highest BCUT2D eigenvalue weighted by molar-refractivity contribution is 6.90. The fourth-order valence-corrected chi connectivity index (χ4v) is 0.867. The van der Waals surface area contributed by atoms with Gasteiger partial charge in [-0.05, 0) is 24.8 Å². The number of unbranched alkanes of at least 4 members (excludes halogenated alkanes) is 2. The minimum atomic E-state index is -5.32. The Morgan fingerprint density at radius 2 is 1.93 bits per heavy atom. The van der Waals surface area contributed by atoms with Gasteiger partial charge in [-0.15, -0.1) is 0 Å². The summed E-state index contributed by atoms with van der Waals surface area (Å²) in [7, 11) is 0. The summed E-state index contributed by atoms with van der Waals surface area (Å²) in [5.74, 6) is 0. The molecule has 0 aromatic carbocycles. The first-order chi connectivity index (χ1) is 6.48. The Balaban J connectivity index is 3.46. The molecule has 0 fully saturated rings. The first-order valence-electron chi connectivity index (χ1n) is 4.22. The molecule has 8 heteroatoms. The van der Waals surface area contributed by atoms with E-state index in [2.05, 4.69) is 10.0 Å². The smallest absolute Gasteiger partial charge is 0.443 e. The topological polar surface area (TPSA) is 65.8 Å². The maximum absolute atomic E-state index is 11.7. The first kappa shape index (κ1) is 12.8. The summed E-state index contributed by atoms with van der Waals surface area (Å²) in [6.45, 7) is -5.05. The number of azide groups is 1. The van der Waals surface area contributed by atoms with Crippen LogP contribution in [0, 0.1) is 0 Å². The van der Waals surface area contributed by atoms with E-state index < -0.39 is 19.1 Å². The lowest BCUT2D eigenvalue weighted by molar-refractivity contribution is -0.115. The predicted octanol–water partition coefficient (Wildman–Crippen LogP) is 2.81. The third kappa shape index (κ3) is 6.36. The van der Waals surface area contributed by atoms with Crippen molar-refractivity contribution in [1.29, 1.82) is 0 Å². The van der Waals surface area contributed by atoms with Crippen LogP contribution >= 0.6 is 0 Å². The Hall–Kier alpha value is -1.17. The Bertz CT molecular complexity index is 237. The molecule has 0 radical (unpaired) electrons. The van der Waals surface area contributed by atoms with E-state index >= 15 is 0 Å². The second kappa shape index (κ2) is 6.31. The third-order valence-electron chi connectivity index (χ3n) is 1.61. The van der Waals surface area contributed by atoms with Gasteiger partial charge in [0.05, 0.1) is 5.68 Å². The van der Waals surface area contributed by atoms with Crippen molar-refractivity contribution < 1.29 is 17.7 Å². The van der Waals surface area contributed by atoms with Crippen molar-refractivity contribution in [2.75, 3.05) is 6.54 Å². The second-order valence-electron chi connectivity index (χ2n) is 2.81. The molecule has 0 aliphatic heterocycles. The zero-order valence-electron chi connectivity index (χ0n) is 7.50. The van der Waals surface area contributed by atoms with Crippen LogP contribution in [0.5, 0.6) is 0 Å². The minimum absolute atomic E-state index is 0.195. The van der Waals surface area contributed by atoms with E-state index in [1.54, 1.807) is 0 Å². The molecule has 0 atom stereocenters. The zero-order valence-corrected chi connectivity index (χ0v) is 7.50. The summed E-state index contributed by atoms with van der Waals surface area (Å²) in [6.07, 6.45) is 0.722. The van der Waals surface area contributed by atoms with Gasteiger partial charge in [-0.25, -0.2) is 0 Å². The van der Waals surface area contributed by atoms with Crippen molar-refractivity contribution in [3.63, 3.8) is 0 Å². The number of carbonyl (C=O) groups excluding carboxylic acids is 1. The number of nitrogens with zero attached hydrogens (tertiary/aromatic N) is 3. The van der Waals surface area contributed by atoms with Crippen molar-refractivity contribution in [2.45, 2.75) is 25.7 Å². The van der Waals surface area contributed by atoms with E-state index in [-0.39, 0.29) is 13.0 Å². The lowest BCUT2D eigenvalue weighted by Crippen LogP contribution is -2.29. The van der Waals surface area contributed by atoms with E-state index in [9.17, 15) is 17.7 Å². The van der Waals surface area contributed by atoms with Crippen LogP contribution in [0.25, 0.3) is 10.4 Å². The SMILES string of the molecule is [N-]=[N+]=NCCCCCC(=O)[B-](F)(F)F. The van der Waals surface area contributed by atoms with E-state index in [1.165, 1.54) is 0 Å². The largest absolute Gasteiger partial charge is 0.544 e. The van der Waals surface area contributed by atoms with Gasteiger partial charge in [-0.2, -0.15) is 0 Å². The number of hydrogen-bond acceptors (Lipinski definition) is 2. The fourth-order valence-electron chi connectivity index (χ4n) is 0.867. The maximum atomic E-state index is 11.7. The lowest BCUT2D eigenvalue weighted by Gasteiger charge is -2.11. The van der Waals surface area contributed by atoms with Gasteiger partial charge in [0.25, 0.3) is 0 Å². The van der Waals surface area contributed by atoms with Crippen molar-refractivity contribution in [3.8, 4) is 0 Å². The number of halogens is 3. The predicted molar refractivity (Wildman–Crippen MR) is 46.6 cm³/mol. The monoisotopic (exact) mass is 208 g/mol. The highest BCUT2D eigenvalue weighted by atomic mass is 19.4. The van der Waals surface area contributed by atoms with Crippen LogP contribution in [-0.4, -0.2) is 19.2 Å². The quantitative estimate of drug-likeness (QED) is 0.208. The maximum Gasteiger partial charge on any atom is 0.544 e. The number of rotatable bonds is 7. The molecular weight excluding hydrogens is 198 g/mol. The standard InChI is InChI=1S/C6H10BF3N3O/c8-7(9,10)6(14)4-2-1-3-5-12-13-11/h1-5H2/q-1. The summed E-state index contributed by atoms with van der Waals surface area (Å²) in [6, 6.07) is 0. The summed E-state index contributed by atoms with van der Waals surface area (Å²) in [4.78, 5) is 12.9. The van der Waals surface area contributed by atoms with Crippen molar-refractivity contribution in [1.82, 2.24) is 0 Å². The average Bonchev–Trinajstić information content (AvgIpc) is 2.09. The lowest BCUT2D eigenvalue weighted by atomic mass is 9.81. The molecule has 0 aromatic rings. The Morgan fingerprint density at radius 1 is 1.29 bits per heavy atom. The van der Waals surface area contributed by atoms with Gasteiger partial charge >= 0.3 is 6.98 Å². The summed E-state index contributed by atoms with van der Waals surface area (Å²) >= 11 is 0. The molecule has 0 N–H and O–H groups in total. The molecule has 0 spiro atoms.